The molecular formula is C18H18FN3O3S. The number of aliphatic hydroxyl groups is 1. The summed E-state index contributed by atoms with van der Waals surface area (Å²) >= 11 is 0. The Kier molecular flexibility index (Phi) is 4.34. The number of aryl methyl sites for hydroxylation is 1. The van der Waals surface area contributed by atoms with Crippen LogP contribution in [0, 0.1) is 12.7 Å². The molecule has 4 rings (SSSR count). The van der Waals surface area contributed by atoms with Gasteiger partial charge in [-0.15, -0.1) is 0 Å². The lowest BCUT2D eigenvalue weighted by molar-refractivity contribution is -0.00908. The molecular weight excluding hydrogens is 357 g/mol. The number of fused-ring (bicyclic) bond motifs is 1. The number of hydrogen-bond donors (Lipinski definition) is 1. The van der Waals surface area contributed by atoms with Gasteiger partial charge in [-0.25, -0.2) is 17.5 Å². The summed E-state index contributed by atoms with van der Waals surface area (Å²) in [6.45, 7) is 2.72. The summed E-state index contributed by atoms with van der Waals surface area (Å²) in [5.74, 6) is -0.373. The van der Waals surface area contributed by atoms with E-state index in [-0.39, 0.29) is 5.82 Å². The van der Waals surface area contributed by atoms with Crippen molar-refractivity contribution in [3.63, 3.8) is 0 Å². The molecule has 1 atom stereocenters. The lowest BCUT2D eigenvalue weighted by Crippen LogP contribution is -2.43. The van der Waals surface area contributed by atoms with E-state index in [4.69, 9.17) is 4.63 Å². The van der Waals surface area contributed by atoms with Crippen LogP contribution in [0.1, 0.15) is 24.0 Å². The maximum absolute atomic E-state index is 13.5. The zero-order chi connectivity index (χ0) is 18.3. The Bertz CT molecular complexity index is 983. The number of benzene rings is 2. The number of aromatic nitrogens is 2. The molecule has 1 saturated heterocycles. The largest absolute Gasteiger partial charge is 0.385 e. The minimum absolute atomic E-state index is 0.369. The van der Waals surface area contributed by atoms with Crippen LogP contribution in [0.5, 0.6) is 0 Å². The molecule has 1 aromatic heterocycles. The number of piperidine rings is 1. The highest BCUT2D eigenvalue weighted by molar-refractivity contribution is 7.83. The standard InChI is InChI=1S/C18H18FN3O3S/c1-12-5-6-15(17-16(12)20-25-21-17)26(24)22-9-7-18(23,8-10-22)13-3-2-4-14(19)11-13/h2-6,11,23H,7-10H2,1H3. The molecule has 6 nitrogen and oxygen atoms in total. The number of halogens is 1. The Morgan fingerprint density at radius 2 is 1.92 bits per heavy atom. The molecule has 0 saturated carbocycles. The van der Waals surface area contributed by atoms with Crippen molar-refractivity contribution < 1.29 is 18.3 Å². The predicted molar refractivity (Wildman–Crippen MR) is 94.1 cm³/mol. The zero-order valence-electron chi connectivity index (χ0n) is 14.2. The number of nitrogens with zero attached hydrogens (tertiary/aromatic N) is 3. The topological polar surface area (TPSA) is 79.5 Å². The molecule has 1 aliphatic heterocycles. The second kappa shape index (κ2) is 6.53. The lowest BCUT2D eigenvalue weighted by Gasteiger charge is -2.37. The van der Waals surface area contributed by atoms with Crippen molar-refractivity contribution in [1.29, 1.82) is 0 Å². The van der Waals surface area contributed by atoms with Crippen molar-refractivity contribution in [3.05, 3.63) is 53.3 Å². The third kappa shape index (κ3) is 2.94. The van der Waals surface area contributed by atoms with E-state index >= 15 is 0 Å². The van der Waals surface area contributed by atoms with E-state index in [1.807, 2.05) is 13.0 Å². The summed E-state index contributed by atoms with van der Waals surface area (Å²) in [5, 5.41) is 18.6. The molecule has 0 spiro atoms. The molecule has 1 N–H and O–H groups in total. The summed E-state index contributed by atoms with van der Waals surface area (Å²) in [7, 11) is -1.44. The second-order valence-corrected chi connectivity index (χ2v) is 8.02. The van der Waals surface area contributed by atoms with Crippen LogP contribution in [-0.2, 0) is 16.6 Å². The van der Waals surface area contributed by atoms with Crippen LogP contribution in [-0.4, -0.2) is 37.0 Å². The summed E-state index contributed by atoms with van der Waals surface area (Å²) in [6.07, 6.45) is 0.739. The fourth-order valence-electron chi connectivity index (χ4n) is 3.34. The maximum Gasteiger partial charge on any atom is 0.152 e. The summed E-state index contributed by atoms with van der Waals surface area (Å²) < 4.78 is 33.1. The first-order valence-electron chi connectivity index (χ1n) is 8.35. The Morgan fingerprint density at radius 3 is 2.65 bits per heavy atom. The minimum Gasteiger partial charge on any atom is -0.385 e. The van der Waals surface area contributed by atoms with Crippen LogP contribution in [0.2, 0.25) is 0 Å². The third-order valence-electron chi connectivity index (χ3n) is 4.91. The van der Waals surface area contributed by atoms with Gasteiger partial charge in [-0.2, -0.15) is 0 Å². The normalized spacial score (nSPS) is 18.9. The van der Waals surface area contributed by atoms with Gasteiger partial charge in [0.25, 0.3) is 0 Å². The van der Waals surface area contributed by atoms with Gasteiger partial charge in [-0.1, -0.05) is 18.2 Å². The lowest BCUT2D eigenvalue weighted by atomic mass is 9.85. The molecule has 2 aromatic carbocycles. The third-order valence-corrected chi connectivity index (χ3v) is 6.45. The van der Waals surface area contributed by atoms with E-state index in [0.717, 1.165) is 5.56 Å². The highest BCUT2D eigenvalue weighted by Crippen LogP contribution is 2.35. The quantitative estimate of drug-likeness (QED) is 0.761. The Hall–Kier alpha value is -2.16. The molecule has 0 radical (unpaired) electrons. The van der Waals surface area contributed by atoms with Gasteiger partial charge >= 0.3 is 0 Å². The fraction of sp³-hybridized carbons (Fsp3) is 0.333. The Balaban J connectivity index is 1.55. The Labute approximate surface area is 152 Å². The van der Waals surface area contributed by atoms with Crippen LogP contribution in [0.4, 0.5) is 4.39 Å². The molecule has 1 aliphatic rings. The number of hydrogen-bond acceptors (Lipinski definition) is 5. The van der Waals surface area contributed by atoms with Crippen molar-refractivity contribution in [3.8, 4) is 0 Å². The molecule has 2 heterocycles. The summed E-state index contributed by atoms with van der Waals surface area (Å²) in [5.41, 5.74) is 1.45. The zero-order valence-corrected chi connectivity index (χ0v) is 15.0. The van der Waals surface area contributed by atoms with Gasteiger partial charge in [0, 0.05) is 13.1 Å². The monoisotopic (exact) mass is 375 g/mol. The van der Waals surface area contributed by atoms with Crippen molar-refractivity contribution in [2.24, 2.45) is 0 Å². The van der Waals surface area contributed by atoms with E-state index in [0.29, 0.717) is 47.4 Å². The first-order chi connectivity index (χ1) is 12.5. The van der Waals surface area contributed by atoms with Gasteiger partial charge in [-0.05, 0) is 59.4 Å². The summed E-state index contributed by atoms with van der Waals surface area (Å²) in [4.78, 5) is 0.544. The van der Waals surface area contributed by atoms with Gasteiger partial charge in [0.15, 0.2) is 5.52 Å². The second-order valence-electron chi connectivity index (χ2n) is 6.56. The van der Waals surface area contributed by atoms with Crippen molar-refractivity contribution in [2.45, 2.75) is 30.3 Å². The smallest absolute Gasteiger partial charge is 0.152 e. The van der Waals surface area contributed by atoms with E-state index in [9.17, 15) is 13.7 Å². The van der Waals surface area contributed by atoms with Gasteiger partial charge in [0.05, 0.1) is 10.5 Å². The van der Waals surface area contributed by atoms with Crippen molar-refractivity contribution in [2.75, 3.05) is 13.1 Å². The minimum atomic E-state index is -1.44. The molecule has 1 fully saturated rings. The van der Waals surface area contributed by atoms with Gasteiger partial charge in [0.2, 0.25) is 0 Å². The average molecular weight is 375 g/mol. The highest BCUT2D eigenvalue weighted by atomic mass is 32.2. The van der Waals surface area contributed by atoms with Crippen LogP contribution < -0.4 is 0 Å². The summed E-state index contributed by atoms with van der Waals surface area (Å²) in [6, 6.07) is 9.63. The SMILES string of the molecule is Cc1ccc(S(=O)N2CCC(O)(c3cccc(F)c3)CC2)c2nonc12. The molecule has 0 amide bonds. The van der Waals surface area contributed by atoms with Crippen LogP contribution in [0.3, 0.4) is 0 Å². The van der Waals surface area contributed by atoms with Gasteiger partial charge in [-0.3, -0.25) is 0 Å². The average Bonchev–Trinajstić information content (AvgIpc) is 3.13. The van der Waals surface area contributed by atoms with Crippen LogP contribution >= 0.6 is 0 Å². The van der Waals surface area contributed by atoms with E-state index < -0.39 is 16.6 Å². The molecule has 0 bridgehead atoms. The first kappa shape index (κ1) is 17.3. The predicted octanol–water partition coefficient (Wildman–Crippen LogP) is 2.68. The number of rotatable bonds is 3. The van der Waals surface area contributed by atoms with Gasteiger partial charge in [0.1, 0.15) is 22.3 Å². The highest BCUT2D eigenvalue weighted by Gasteiger charge is 2.36. The van der Waals surface area contributed by atoms with E-state index in [1.165, 1.54) is 12.1 Å². The van der Waals surface area contributed by atoms with Gasteiger partial charge < -0.3 is 5.11 Å². The molecule has 1 unspecified atom stereocenters. The molecule has 8 heteroatoms. The molecule has 0 aliphatic carbocycles. The van der Waals surface area contributed by atoms with E-state index in [1.54, 1.807) is 22.5 Å². The molecule has 136 valence electrons. The van der Waals surface area contributed by atoms with E-state index in [2.05, 4.69) is 10.3 Å². The van der Waals surface area contributed by atoms with Crippen molar-refractivity contribution in [1.82, 2.24) is 14.6 Å². The first-order valence-corrected chi connectivity index (χ1v) is 9.46. The Morgan fingerprint density at radius 1 is 1.19 bits per heavy atom. The molecule has 26 heavy (non-hydrogen) atoms. The maximum atomic E-state index is 13.5. The van der Waals surface area contributed by atoms with Crippen molar-refractivity contribution >= 4 is 22.0 Å². The fourth-order valence-corrected chi connectivity index (χ4v) is 4.61. The molecule has 3 aromatic rings. The van der Waals surface area contributed by atoms with Crippen LogP contribution in [0.25, 0.3) is 11.0 Å². The van der Waals surface area contributed by atoms with Crippen LogP contribution in [0.15, 0.2) is 45.9 Å².